The van der Waals surface area contributed by atoms with E-state index in [4.69, 9.17) is 0 Å². The fraction of sp³-hybridized carbons (Fsp3) is 0.875. The lowest BCUT2D eigenvalue weighted by Gasteiger charge is -2.40. The highest BCUT2D eigenvalue weighted by Crippen LogP contribution is 2.76. The van der Waals surface area contributed by atoms with Crippen LogP contribution in [-0.4, -0.2) is 18.5 Å². The number of rotatable bonds is 4. The topological polar surface area (TPSA) is 0 Å². The summed E-state index contributed by atoms with van der Waals surface area (Å²) < 4.78 is 0. The quantitative estimate of drug-likeness (QED) is 0.498. The van der Waals surface area contributed by atoms with Gasteiger partial charge in [0.15, 0.2) is 0 Å². The Bertz CT molecular complexity index is 256. The lowest BCUT2D eigenvalue weighted by molar-refractivity contribution is 0.305. The summed E-state index contributed by atoms with van der Waals surface area (Å²) in [5.41, 5.74) is 0.488. The first-order chi connectivity index (χ1) is 8.65. The Hall–Kier alpha value is 0.600. The van der Waals surface area contributed by atoms with Gasteiger partial charge < -0.3 is 0 Å². The van der Waals surface area contributed by atoms with Crippen LogP contribution in [0, 0.1) is 5.41 Å². The molecule has 2 heteroatoms. The summed E-state index contributed by atoms with van der Waals surface area (Å²) in [7, 11) is 0.378. The molecular weight excluding hydrogens is 254 g/mol. The molecule has 0 aromatic heterocycles. The molecule has 0 spiro atoms. The average Bonchev–Trinajstić information content (AvgIpc) is 2.47. The molecule has 1 aliphatic heterocycles. The molecule has 0 radical (unpaired) electrons. The van der Waals surface area contributed by atoms with E-state index >= 15 is 0 Å². The summed E-state index contributed by atoms with van der Waals surface area (Å²) in [4.78, 5) is 0. The molecule has 0 bridgehead atoms. The standard InChI is InChI=1S/C16H32P2/c1-6-16(7-2)13-11-10-12-14-17(8-3)18(9-4)15(16)5/h5-14H2,1-4H3. The summed E-state index contributed by atoms with van der Waals surface area (Å²) in [5, 5.41) is 1.69. The van der Waals surface area contributed by atoms with Crippen molar-refractivity contribution in [2.45, 2.75) is 66.2 Å². The minimum absolute atomic E-state index is 0.116. The van der Waals surface area contributed by atoms with E-state index in [1.54, 1.807) is 5.31 Å². The van der Waals surface area contributed by atoms with Gasteiger partial charge in [0, 0.05) is 0 Å². The Kier molecular flexibility index (Phi) is 7.41. The van der Waals surface area contributed by atoms with E-state index in [-0.39, 0.29) is 15.2 Å². The van der Waals surface area contributed by atoms with Crippen LogP contribution in [0.3, 0.4) is 0 Å². The molecule has 0 aliphatic carbocycles. The molecule has 1 heterocycles. The van der Waals surface area contributed by atoms with Crippen molar-refractivity contribution in [1.82, 2.24) is 0 Å². The van der Waals surface area contributed by atoms with Crippen LogP contribution in [0.5, 0.6) is 0 Å². The zero-order chi connectivity index (χ0) is 13.6. The monoisotopic (exact) mass is 286 g/mol. The average molecular weight is 286 g/mol. The molecular formula is C16H32P2. The third-order valence-electron chi connectivity index (χ3n) is 4.85. The number of hydrogen-bond donors (Lipinski definition) is 0. The molecule has 106 valence electrons. The Labute approximate surface area is 117 Å². The van der Waals surface area contributed by atoms with Gasteiger partial charge in [-0.25, -0.2) is 0 Å². The largest absolute Gasteiger partial charge is 0.0945 e. The van der Waals surface area contributed by atoms with Gasteiger partial charge in [-0.2, -0.15) is 0 Å². The molecule has 2 atom stereocenters. The van der Waals surface area contributed by atoms with E-state index in [0.29, 0.717) is 5.41 Å². The van der Waals surface area contributed by atoms with Crippen molar-refractivity contribution >= 4 is 15.2 Å². The van der Waals surface area contributed by atoms with Crippen molar-refractivity contribution in [3.8, 4) is 0 Å². The zero-order valence-electron chi connectivity index (χ0n) is 13.0. The van der Waals surface area contributed by atoms with Crippen molar-refractivity contribution in [3.05, 3.63) is 11.9 Å². The van der Waals surface area contributed by atoms with E-state index < -0.39 is 0 Å². The first-order valence-corrected chi connectivity index (χ1v) is 11.8. The van der Waals surface area contributed by atoms with Crippen LogP contribution in [0.1, 0.15) is 66.2 Å². The van der Waals surface area contributed by atoms with Gasteiger partial charge >= 0.3 is 0 Å². The minimum atomic E-state index is 0.116. The molecule has 2 unspecified atom stereocenters. The Balaban J connectivity index is 3.02. The SMILES string of the molecule is C=C1P(CC)P(CC)CCCCCC1(CC)CC. The van der Waals surface area contributed by atoms with Gasteiger partial charge in [-0.3, -0.25) is 0 Å². The normalized spacial score (nSPS) is 29.4. The second-order valence-corrected chi connectivity index (χ2v) is 12.7. The van der Waals surface area contributed by atoms with Crippen molar-refractivity contribution in [1.29, 1.82) is 0 Å². The molecule has 0 saturated carbocycles. The smallest absolute Gasteiger partial charge is 0.00503 e. The van der Waals surface area contributed by atoms with Crippen molar-refractivity contribution < 1.29 is 0 Å². The first-order valence-electron chi connectivity index (χ1n) is 7.86. The molecule has 0 nitrogen and oxygen atoms in total. The minimum Gasteiger partial charge on any atom is -0.0945 e. The number of allylic oxidation sites excluding steroid dienone is 1. The van der Waals surface area contributed by atoms with Crippen molar-refractivity contribution in [2.75, 3.05) is 18.5 Å². The maximum absolute atomic E-state index is 4.65. The summed E-state index contributed by atoms with van der Waals surface area (Å²) in [6, 6.07) is 0. The first kappa shape index (κ1) is 16.7. The molecule has 0 amide bonds. The molecule has 18 heavy (non-hydrogen) atoms. The molecule has 1 aliphatic rings. The number of hydrogen-bond acceptors (Lipinski definition) is 0. The van der Waals surface area contributed by atoms with Crippen molar-refractivity contribution in [3.63, 3.8) is 0 Å². The maximum atomic E-state index is 4.65. The Morgan fingerprint density at radius 3 is 2.17 bits per heavy atom. The predicted molar refractivity (Wildman–Crippen MR) is 90.4 cm³/mol. The summed E-state index contributed by atoms with van der Waals surface area (Å²) in [6.07, 6.45) is 12.7. The Morgan fingerprint density at radius 1 is 1.00 bits per heavy atom. The van der Waals surface area contributed by atoms with Gasteiger partial charge in [-0.05, 0) is 54.9 Å². The summed E-state index contributed by atoms with van der Waals surface area (Å²) >= 11 is 0. The van der Waals surface area contributed by atoms with Gasteiger partial charge in [-0.1, -0.05) is 62.3 Å². The third-order valence-corrected chi connectivity index (χ3v) is 13.9. The lowest BCUT2D eigenvalue weighted by atomic mass is 9.77. The highest BCUT2D eigenvalue weighted by molar-refractivity contribution is 8.31. The summed E-state index contributed by atoms with van der Waals surface area (Å²) in [5.74, 6) is 0. The van der Waals surface area contributed by atoms with E-state index in [9.17, 15) is 0 Å². The van der Waals surface area contributed by atoms with E-state index in [2.05, 4.69) is 34.3 Å². The van der Waals surface area contributed by atoms with Crippen LogP contribution in [0.25, 0.3) is 0 Å². The van der Waals surface area contributed by atoms with Crippen LogP contribution in [0.2, 0.25) is 0 Å². The van der Waals surface area contributed by atoms with Crippen LogP contribution in [-0.2, 0) is 0 Å². The summed E-state index contributed by atoms with van der Waals surface area (Å²) in [6.45, 7) is 14.3. The van der Waals surface area contributed by atoms with Gasteiger partial charge in [0.05, 0.1) is 0 Å². The van der Waals surface area contributed by atoms with E-state index in [1.807, 2.05) is 0 Å². The van der Waals surface area contributed by atoms with E-state index in [0.717, 1.165) is 0 Å². The van der Waals surface area contributed by atoms with Gasteiger partial charge in [-0.15, -0.1) is 0 Å². The molecule has 1 saturated heterocycles. The second-order valence-electron chi connectivity index (χ2n) is 5.51. The molecule has 0 aromatic carbocycles. The highest BCUT2D eigenvalue weighted by atomic mass is 32.1. The van der Waals surface area contributed by atoms with Crippen LogP contribution in [0.4, 0.5) is 0 Å². The molecule has 1 rings (SSSR count). The fourth-order valence-corrected chi connectivity index (χ4v) is 12.0. The molecule has 0 aromatic rings. The fourth-order valence-electron chi connectivity index (χ4n) is 3.38. The third kappa shape index (κ3) is 3.58. The van der Waals surface area contributed by atoms with Crippen LogP contribution < -0.4 is 0 Å². The lowest BCUT2D eigenvalue weighted by Crippen LogP contribution is -2.20. The predicted octanol–water partition coefficient (Wildman–Crippen LogP) is 6.80. The van der Waals surface area contributed by atoms with Crippen LogP contribution >= 0.6 is 15.2 Å². The van der Waals surface area contributed by atoms with Gasteiger partial charge in [0.2, 0.25) is 0 Å². The highest BCUT2D eigenvalue weighted by Gasteiger charge is 2.35. The molecule has 0 N–H and O–H groups in total. The Morgan fingerprint density at radius 2 is 1.67 bits per heavy atom. The van der Waals surface area contributed by atoms with Crippen molar-refractivity contribution in [2.24, 2.45) is 5.41 Å². The molecule has 1 fully saturated rings. The zero-order valence-corrected chi connectivity index (χ0v) is 14.8. The van der Waals surface area contributed by atoms with Gasteiger partial charge in [0.1, 0.15) is 0 Å². The van der Waals surface area contributed by atoms with Gasteiger partial charge in [0.25, 0.3) is 0 Å². The van der Waals surface area contributed by atoms with E-state index in [1.165, 1.54) is 57.0 Å². The maximum Gasteiger partial charge on any atom is -0.00503 e. The van der Waals surface area contributed by atoms with Crippen LogP contribution in [0.15, 0.2) is 11.9 Å². The second kappa shape index (κ2) is 8.01.